The van der Waals surface area contributed by atoms with E-state index in [-0.39, 0.29) is 5.89 Å². The molecule has 0 fully saturated rings. The second-order valence-corrected chi connectivity index (χ2v) is 7.33. The molecule has 2 aromatic heterocycles. The number of hydrogen-bond donors (Lipinski definition) is 1. The van der Waals surface area contributed by atoms with E-state index in [2.05, 4.69) is 39.6 Å². The lowest BCUT2D eigenvalue weighted by Crippen LogP contribution is -2.05. The molecule has 7 nitrogen and oxygen atoms in total. The van der Waals surface area contributed by atoms with Crippen LogP contribution in [0.1, 0.15) is 11.1 Å². The van der Waals surface area contributed by atoms with Gasteiger partial charge >= 0.3 is 0 Å². The normalized spacial score (nSPS) is 10.9. The molecule has 3 aromatic carbocycles. The number of nitrogens with zero attached hydrogens (tertiary/aromatic N) is 4. The van der Waals surface area contributed by atoms with Crippen LogP contribution < -0.4 is 10.1 Å². The zero-order chi connectivity index (χ0) is 21.9. The third kappa shape index (κ3) is 3.88. The van der Waals surface area contributed by atoms with Gasteiger partial charge < -0.3 is 14.5 Å². The minimum absolute atomic E-state index is 0.264. The molecular formula is C25H21N5O2. The largest absolute Gasteiger partial charge is 0.497 e. The fourth-order valence-corrected chi connectivity index (χ4v) is 3.46. The Morgan fingerprint density at radius 1 is 0.844 bits per heavy atom. The van der Waals surface area contributed by atoms with Crippen molar-refractivity contribution >= 4 is 16.7 Å². The van der Waals surface area contributed by atoms with Crippen LogP contribution in [0.15, 0.2) is 77.2 Å². The highest BCUT2D eigenvalue weighted by atomic mass is 16.5. The van der Waals surface area contributed by atoms with Crippen molar-refractivity contribution < 1.29 is 9.15 Å². The minimum atomic E-state index is 0.264. The van der Waals surface area contributed by atoms with Crippen LogP contribution in [0.25, 0.3) is 34.1 Å². The summed E-state index contributed by atoms with van der Waals surface area (Å²) in [7, 11) is 1.63. The number of methoxy groups -OCH3 is 1. The van der Waals surface area contributed by atoms with E-state index in [0.29, 0.717) is 18.3 Å². The van der Waals surface area contributed by atoms with E-state index >= 15 is 0 Å². The molecule has 1 N–H and O–H groups in total. The first-order chi connectivity index (χ1) is 15.7. The molecule has 0 unspecified atom stereocenters. The van der Waals surface area contributed by atoms with Crippen LogP contribution in [0.2, 0.25) is 0 Å². The first-order valence-corrected chi connectivity index (χ1v) is 10.2. The Balaban J connectivity index is 1.49. The predicted octanol–water partition coefficient (Wildman–Crippen LogP) is 5.28. The van der Waals surface area contributed by atoms with Gasteiger partial charge in [0.25, 0.3) is 5.89 Å². The fraction of sp³-hybridized carbons (Fsp3) is 0.120. The lowest BCUT2D eigenvalue weighted by atomic mass is 10.1. The molecule has 5 rings (SSSR count). The Hall–Kier alpha value is -4.26. The van der Waals surface area contributed by atoms with Crippen molar-refractivity contribution in [2.45, 2.75) is 13.5 Å². The molecule has 0 saturated heterocycles. The number of hydrogen-bond acceptors (Lipinski definition) is 7. The summed E-state index contributed by atoms with van der Waals surface area (Å²) in [5.41, 5.74) is 4.02. The van der Waals surface area contributed by atoms with Gasteiger partial charge in [0.05, 0.1) is 12.6 Å². The summed E-state index contributed by atoms with van der Waals surface area (Å²) in [5.74, 6) is 2.52. The highest BCUT2D eigenvalue weighted by Crippen LogP contribution is 2.27. The molecule has 7 heteroatoms. The summed E-state index contributed by atoms with van der Waals surface area (Å²) < 4.78 is 11.1. The number of ether oxygens (including phenoxy) is 1. The summed E-state index contributed by atoms with van der Waals surface area (Å²) in [5, 5.41) is 12.7. The van der Waals surface area contributed by atoms with Crippen LogP contribution >= 0.6 is 0 Å². The monoisotopic (exact) mass is 423 g/mol. The molecule has 0 saturated carbocycles. The lowest BCUT2D eigenvalue weighted by Gasteiger charge is -2.11. The summed E-state index contributed by atoms with van der Waals surface area (Å²) in [6.45, 7) is 2.74. The highest BCUT2D eigenvalue weighted by molar-refractivity contribution is 5.90. The van der Waals surface area contributed by atoms with Crippen molar-refractivity contribution in [3.8, 4) is 28.9 Å². The molecule has 0 aliphatic heterocycles. The van der Waals surface area contributed by atoms with Gasteiger partial charge in [-0.25, -0.2) is 9.97 Å². The van der Waals surface area contributed by atoms with Crippen LogP contribution in [0.4, 0.5) is 5.82 Å². The van der Waals surface area contributed by atoms with Crippen molar-refractivity contribution in [3.05, 3.63) is 83.9 Å². The molecule has 2 heterocycles. The van der Waals surface area contributed by atoms with E-state index in [0.717, 1.165) is 28.0 Å². The Morgan fingerprint density at radius 3 is 2.41 bits per heavy atom. The molecular weight excluding hydrogens is 402 g/mol. The van der Waals surface area contributed by atoms with Gasteiger partial charge in [-0.05, 0) is 54.4 Å². The fourth-order valence-electron chi connectivity index (χ4n) is 3.46. The van der Waals surface area contributed by atoms with Crippen molar-refractivity contribution in [2.75, 3.05) is 12.4 Å². The van der Waals surface area contributed by atoms with E-state index in [1.807, 2.05) is 60.7 Å². The van der Waals surface area contributed by atoms with Crippen LogP contribution in [0.3, 0.4) is 0 Å². The summed E-state index contributed by atoms with van der Waals surface area (Å²) in [4.78, 5) is 9.36. The maximum Gasteiger partial charge on any atom is 0.286 e. The predicted molar refractivity (Wildman–Crippen MR) is 123 cm³/mol. The zero-order valence-corrected chi connectivity index (χ0v) is 17.7. The lowest BCUT2D eigenvalue weighted by molar-refractivity contribution is 0.415. The summed E-state index contributed by atoms with van der Waals surface area (Å²) in [6.07, 6.45) is 0. The molecule has 0 amide bonds. The maximum atomic E-state index is 5.90. The van der Waals surface area contributed by atoms with Gasteiger partial charge in [0.2, 0.25) is 11.7 Å². The van der Waals surface area contributed by atoms with Gasteiger partial charge in [-0.15, -0.1) is 10.2 Å². The van der Waals surface area contributed by atoms with E-state index in [1.165, 1.54) is 11.1 Å². The molecule has 0 aliphatic rings. The van der Waals surface area contributed by atoms with Crippen LogP contribution in [-0.2, 0) is 6.54 Å². The van der Waals surface area contributed by atoms with Crippen molar-refractivity contribution in [2.24, 2.45) is 0 Å². The standard InChI is InChI=1S/C25H21N5O2/c1-16-7-3-4-8-18(16)15-26-22-20-9-5-6-10-21(20)27-23(28-22)25-30-29-24(32-25)17-11-13-19(31-2)14-12-17/h3-14H,15H2,1-2H3,(H,26,27,28). The molecule has 0 atom stereocenters. The molecule has 0 bridgehead atoms. The maximum absolute atomic E-state index is 5.90. The van der Waals surface area contributed by atoms with Gasteiger partial charge in [-0.3, -0.25) is 0 Å². The number of nitrogens with one attached hydrogen (secondary N) is 1. The molecule has 0 spiro atoms. The number of fused-ring (bicyclic) bond motifs is 1. The number of aryl methyl sites for hydroxylation is 1. The number of aromatic nitrogens is 4. The van der Waals surface area contributed by atoms with Crippen LogP contribution in [-0.4, -0.2) is 27.3 Å². The Morgan fingerprint density at radius 2 is 1.59 bits per heavy atom. The second kappa shape index (κ2) is 8.47. The van der Waals surface area contributed by atoms with E-state index in [1.54, 1.807) is 7.11 Å². The van der Waals surface area contributed by atoms with Crippen molar-refractivity contribution in [1.29, 1.82) is 0 Å². The van der Waals surface area contributed by atoms with Crippen molar-refractivity contribution in [1.82, 2.24) is 20.2 Å². The van der Waals surface area contributed by atoms with Crippen molar-refractivity contribution in [3.63, 3.8) is 0 Å². The number of rotatable bonds is 6. The molecule has 0 aliphatic carbocycles. The van der Waals surface area contributed by atoms with E-state index in [4.69, 9.17) is 14.1 Å². The van der Waals surface area contributed by atoms with Gasteiger partial charge in [0, 0.05) is 17.5 Å². The molecule has 5 aromatic rings. The average molecular weight is 423 g/mol. The SMILES string of the molecule is COc1ccc(-c2nnc(-c3nc(NCc4ccccc4C)c4ccccc4n3)o2)cc1. The van der Waals surface area contributed by atoms with E-state index < -0.39 is 0 Å². The van der Waals surface area contributed by atoms with E-state index in [9.17, 15) is 0 Å². The smallest absolute Gasteiger partial charge is 0.286 e. The Bertz CT molecular complexity index is 1380. The van der Waals surface area contributed by atoms with Crippen LogP contribution in [0.5, 0.6) is 5.75 Å². The molecule has 0 radical (unpaired) electrons. The van der Waals surface area contributed by atoms with Crippen LogP contribution in [0, 0.1) is 6.92 Å². The minimum Gasteiger partial charge on any atom is -0.497 e. The first kappa shape index (κ1) is 19.7. The van der Waals surface area contributed by atoms with Gasteiger partial charge in [-0.2, -0.15) is 0 Å². The topological polar surface area (TPSA) is 86.0 Å². The molecule has 158 valence electrons. The second-order valence-electron chi connectivity index (χ2n) is 7.33. The van der Waals surface area contributed by atoms with Gasteiger partial charge in [-0.1, -0.05) is 36.4 Å². The van der Waals surface area contributed by atoms with Gasteiger partial charge in [0.1, 0.15) is 11.6 Å². The summed E-state index contributed by atoms with van der Waals surface area (Å²) >= 11 is 0. The third-order valence-corrected chi connectivity index (χ3v) is 5.26. The Kier molecular flexibility index (Phi) is 5.21. The summed E-state index contributed by atoms with van der Waals surface area (Å²) in [6, 6.07) is 23.6. The third-order valence-electron chi connectivity index (χ3n) is 5.26. The quantitative estimate of drug-likeness (QED) is 0.398. The van der Waals surface area contributed by atoms with Gasteiger partial charge in [0.15, 0.2) is 0 Å². The highest BCUT2D eigenvalue weighted by Gasteiger charge is 2.16. The number of benzene rings is 3. The average Bonchev–Trinajstić information content (AvgIpc) is 3.34. The number of anilines is 1. The number of para-hydroxylation sites is 1. The zero-order valence-electron chi connectivity index (χ0n) is 17.7. The first-order valence-electron chi connectivity index (χ1n) is 10.2. The molecule has 32 heavy (non-hydrogen) atoms. The Labute approximate surface area is 185 Å².